The molecule has 0 aromatic heterocycles. The number of hydrogen-bond acceptors (Lipinski definition) is 4. The van der Waals surface area contributed by atoms with Crippen molar-refractivity contribution >= 4 is 6.09 Å². The molecule has 1 aromatic carbocycles. The second-order valence-electron chi connectivity index (χ2n) is 5.23. The van der Waals surface area contributed by atoms with E-state index in [9.17, 15) is 4.79 Å². The van der Waals surface area contributed by atoms with Gasteiger partial charge in [-0.1, -0.05) is 11.8 Å². The van der Waals surface area contributed by atoms with Gasteiger partial charge >= 0.3 is 6.09 Å². The van der Waals surface area contributed by atoms with Crippen molar-refractivity contribution in [2.45, 2.75) is 26.4 Å². The number of hydrogen-bond donors (Lipinski definition) is 1. The molecule has 0 bridgehead atoms. The Kier molecular flexibility index (Phi) is 4.04. The van der Waals surface area contributed by atoms with Crippen molar-refractivity contribution < 1.29 is 19.0 Å². The van der Waals surface area contributed by atoms with Crippen molar-refractivity contribution in [2.24, 2.45) is 0 Å². The van der Waals surface area contributed by atoms with Crippen LogP contribution in [0.3, 0.4) is 0 Å². The topological polar surface area (TPSA) is 56.8 Å². The molecule has 5 nitrogen and oxygen atoms in total. The maximum Gasteiger partial charge on any atom is 0.408 e. The van der Waals surface area contributed by atoms with Crippen molar-refractivity contribution in [2.75, 3.05) is 13.3 Å². The van der Waals surface area contributed by atoms with Gasteiger partial charge in [0.1, 0.15) is 5.60 Å². The van der Waals surface area contributed by atoms with E-state index in [1.165, 1.54) is 0 Å². The molecule has 1 aliphatic heterocycles. The molecule has 0 spiro atoms. The SMILES string of the molecule is CC(C)(C)OC(=O)NCC#Cc1ccc2c(c1)OCO2. The first-order valence-electron chi connectivity index (χ1n) is 6.29. The van der Waals surface area contributed by atoms with Gasteiger partial charge in [0, 0.05) is 5.56 Å². The molecule has 0 atom stereocenters. The number of benzene rings is 1. The van der Waals surface area contributed by atoms with Crippen molar-refractivity contribution in [3.63, 3.8) is 0 Å². The Morgan fingerprint density at radius 1 is 1.35 bits per heavy atom. The van der Waals surface area contributed by atoms with Crippen molar-refractivity contribution in [3.05, 3.63) is 23.8 Å². The number of alkyl carbamates (subject to hydrolysis) is 1. The van der Waals surface area contributed by atoms with E-state index in [0.29, 0.717) is 5.75 Å². The second kappa shape index (κ2) is 5.74. The zero-order valence-corrected chi connectivity index (χ0v) is 11.8. The van der Waals surface area contributed by atoms with Crippen molar-refractivity contribution in [3.8, 4) is 23.3 Å². The van der Waals surface area contributed by atoms with Crippen LogP contribution >= 0.6 is 0 Å². The Balaban J connectivity index is 1.84. The van der Waals surface area contributed by atoms with Crippen LogP contribution in [0.25, 0.3) is 0 Å². The van der Waals surface area contributed by atoms with E-state index < -0.39 is 11.7 Å². The minimum absolute atomic E-state index is 0.226. The van der Waals surface area contributed by atoms with Crippen LogP contribution in [-0.4, -0.2) is 25.0 Å². The number of carbonyl (C=O) groups is 1. The summed E-state index contributed by atoms with van der Waals surface area (Å²) in [4.78, 5) is 11.4. The molecule has 1 heterocycles. The quantitative estimate of drug-likeness (QED) is 0.799. The van der Waals surface area contributed by atoms with Crippen LogP contribution in [0.2, 0.25) is 0 Å². The van der Waals surface area contributed by atoms with Crippen LogP contribution in [0.4, 0.5) is 4.79 Å². The average molecular weight is 275 g/mol. The number of ether oxygens (including phenoxy) is 3. The zero-order valence-electron chi connectivity index (χ0n) is 11.8. The molecule has 5 heteroatoms. The van der Waals surface area contributed by atoms with Crippen LogP contribution < -0.4 is 14.8 Å². The maximum atomic E-state index is 11.4. The first-order valence-corrected chi connectivity index (χ1v) is 6.29. The van der Waals surface area contributed by atoms with E-state index >= 15 is 0 Å². The van der Waals surface area contributed by atoms with Gasteiger partial charge in [-0.2, -0.15) is 0 Å². The molecule has 20 heavy (non-hydrogen) atoms. The lowest BCUT2D eigenvalue weighted by Crippen LogP contribution is -2.32. The summed E-state index contributed by atoms with van der Waals surface area (Å²) in [5, 5.41) is 2.57. The fourth-order valence-corrected chi connectivity index (χ4v) is 1.55. The third kappa shape index (κ3) is 4.09. The first-order chi connectivity index (χ1) is 9.44. The monoisotopic (exact) mass is 275 g/mol. The number of nitrogens with one attached hydrogen (secondary N) is 1. The molecule has 0 saturated heterocycles. The van der Waals surface area contributed by atoms with Gasteiger partial charge in [-0.15, -0.1) is 0 Å². The van der Waals surface area contributed by atoms with Crippen LogP contribution in [0, 0.1) is 11.8 Å². The molecule has 0 fully saturated rings. The predicted molar refractivity (Wildman–Crippen MR) is 73.7 cm³/mol. The maximum absolute atomic E-state index is 11.4. The summed E-state index contributed by atoms with van der Waals surface area (Å²) in [6, 6.07) is 5.46. The van der Waals surface area contributed by atoms with E-state index in [1.807, 2.05) is 39.0 Å². The van der Waals surface area contributed by atoms with Crippen LogP contribution in [-0.2, 0) is 4.74 Å². The van der Waals surface area contributed by atoms with Crippen LogP contribution in [0.15, 0.2) is 18.2 Å². The lowest BCUT2D eigenvalue weighted by atomic mass is 10.2. The normalized spacial score (nSPS) is 12.3. The highest BCUT2D eigenvalue weighted by molar-refractivity contribution is 5.68. The summed E-state index contributed by atoms with van der Waals surface area (Å²) in [6.45, 7) is 5.90. The van der Waals surface area contributed by atoms with Gasteiger partial charge in [-0.25, -0.2) is 4.79 Å². The smallest absolute Gasteiger partial charge is 0.408 e. The molecular formula is C15H17NO4. The van der Waals surface area contributed by atoms with E-state index in [2.05, 4.69) is 17.2 Å². The fourth-order valence-electron chi connectivity index (χ4n) is 1.55. The van der Waals surface area contributed by atoms with E-state index in [-0.39, 0.29) is 13.3 Å². The van der Waals surface area contributed by atoms with E-state index in [4.69, 9.17) is 14.2 Å². The predicted octanol–water partition coefficient (Wildman–Crippen LogP) is 2.29. The number of fused-ring (bicyclic) bond motifs is 1. The summed E-state index contributed by atoms with van der Waals surface area (Å²) >= 11 is 0. The number of carbonyl (C=O) groups excluding carboxylic acids is 1. The van der Waals surface area contributed by atoms with Gasteiger partial charge in [0.25, 0.3) is 0 Å². The van der Waals surface area contributed by atoms with Gasteiger partial charge in [-0.3, -0.25) is 0 Å². The third-order valence-corrected chi connectivity index (χ3v) is 2.33. The summed E-state index contributed by atoms with van der Waals surface area (Å²) in [5.74, 6) is 7.20. The summed E-state index contributed by atoms with van der Waals surface area (Å²) in [5.41, 5.74) is 0.301. The molecule has 2 rings (SSSR count). The number of amides is 1. The molecule has 1 aliphatic rings. The molecule has 0 saturated carbocycles. The number of rotatable bonds is 1. The lowest BCUT2D eigenvalue weighted by Gasteiger charge is -2.18. The molecule has 106 valence electrons. The minimum atomic E-state index is -0.505. The first kappa shape index (κ1) is 14.1. The molecule has 1 aromatic rings. The van der Waals surface area contributed by atoms with E-state index in [0.717, 1.165) is 11.3 Å². The standard InChI is InChI=1S/C15H17NO4/c1-15(2,3)20-14(17)16-8-4-5-11-6-7-12-13(9-11)19-10-18-12/h6-7,9H,8,10H2,1-3H3,(H,16,17). The summed E-state index contributed by atoms with van der Waals surface area (Å²) in [7, 11) is 0. The largest absolute Gasteiger partial charge is 0.454 e. The molecule has 0 aliphatic carbocycles. The highest BCUT2D eigenvalue weighted by Crippen LogP contribution is 2.32. The molecule has 1 amide bonds. The Labute approximate surface area is 118 Å². The molecule has 0 unspecified atom stereocenters. The van der Waals surface area contributed by atoms with Gasteiger partial charge in [-0.05, 0) is 39.0 Å². The van der Waals surface area contributed by atoms with Gasteiger partial charge in [0.05, 0.1) is 6.54 Å². The Morgan fingerprint density at radius 3 is 2.85 bits per heavy atom. The zero-order chi connectivity index (χ0) is 14.6. The van der Waals surface area contributed by atoms with Crippen molar-refractivity contribution in [1.29, 1.82) is 0 Å². The Hall–Kier alpha value is -2.35. The summed E-state index contributed by atoms with van der Waals surface area (Å²) < 4.78 is 15.6. The highest BCUT2D eigenvalue weighted by atomic mass is 16.7. The van der Waals surface area contributed by atoms with Crippen LogP contribution in [0.1, 0.15) is 26.3 Å². The molecule has 1 N–H and O–H groups in total. The van der Waals surface area contributed by atoms with Crippen LogP contribution in [0.5, 0.6) is 11.5 Å². The second-order valence-corrected chi connectivity index (χ2v) is 5.23. The van der Waals surface area contributed by atoms with E-state index in [1.54, 1.807) is 0 Å². The fraction of sp³-hybridized carbons (Fsp3) is 0.400. The Bertz CT molecular complexity index is 563. The highest BCUT2D eigenvalue weighted by Gasteiger charge is 2.15. The summed E-state index contributed by atoms with van der Waals surface area (Å²) in [6.07, 6.45) is -0.475. The third-order valence-electron chi connectivity index (χ3n) is 2.33. The van der Waals surface area contributed by atoms with Gasteiger partial charge < -0.3 is 19.5 Å². The Morgan fingerprint density at radius 2 is 2.10 bits per heavy atom. The minimum Gasteiger partial charge on any atom is -0.454 e. The molecule has 0 radical (unpaired) electrons. The van der Waals surface area contributed by atoms with Crippen molar-refractivity contribution in [1.82, 2.24) is 5.32 Å². The van der Waals surface area contributed by atoms with Gasteiger partial charge in [0.2, 0.25) is 6.79 Å². The van der Waals surface area contributed by atoms with Gasteiger partial charge in [0.15, 0.2) is 11.5 Å². The molecular weight excluding hydrogens is 258 g/mol. The average Bonchev–Trinajstić information content (AvgIpc) is 2.79. The lowest BCUT2D eigenvalue weighted by molar-refractivity contribution is 0.0535.